The maximum atomic E-state index is 10.4. The Kier molecular flexibility index (Phi) is 4.07. The Labute approximate surface area is 93.3 Å². The van der Waals surface area contributed by atoms with Gasteiger partial charge >= 0.3 is 5.95 Å². The van der Waals surface area contributed by atoms with Crippen molar-refractivity contribution >= 4 is 18.6 Å². The lowest BCUT2D eigenvalue weighted by Crippen LogP contribution is -2.18. The van der Waals surface area contributed by atoms with E-state index in [2.05, 4.69) is 36.6 Å². The van der Waals surface area contributed by atoms with E-state index in [9.17, 15) is 10.1 Å². The van der Waals surface area contributed by atoms with Gasteiger partial charge in [-0.1, -0.05) is 18.8 Å². The molecule has 0 saturated heterocycles. The summed E-state index contributed by atoms with van der Waals surface area (Å²) in [5.41, 5.74) is 0. The van der Waals surface area contributed by atoms with E-state index in [0.717, 1.165) is 5.75 Å². The molecule has 0 spiro atoms. The van der Waals surface area contributed by atoms with Crippen LogP contribution in [0.3, 0.4) is 0 Å². The molecule has 6 nitrogen and oxygen atoms in total. The van der Waals surface area contributed by atoms with Gasteiger partial charge in [0.1, 0.15) is 0 Å². The Balaban J connectivity index is 2.67. The Morgan fingerprint density at radius 2 is 2.33 bits per heavy atom. The van der Waals surface area contributed by atoms with Gasteiger partial charge in [-0.15, -0.1) is 0 Å². The number of nitrogens with zero attached hydrogens (tertiary/aromatic N) is 4. The zero-order valence-corrected chi connectivity index (χ0v) is 9.59. The molecule has 0 aliphatic heterocycles. The molecule has 0 aliphatic carbocycles. The number of rotatable bonds is 5. The Bertz CT molecular complexity index is 339. The van der Waals surface area contributed by atoms with Gasteiger partial charge < -0.3 is 10.1 Å². The van der Waals surface area contributed by atoms with E-state index in [1.807, 2.05) is 0 Å². The van der Waals surface area contributed by atoms with Crippen molar-refractivity contribution in [2.75, 3.05) is 5.75 Å². The van der Waals surface area contributed by atoms with E-state index in [0.29, 0.717) is 18.4 Å². The largest absolute Gasteiger partial charge is 0.490 e. The minimum atomic E-state index is -0.596. The highest BCUT2D eigenvalue weighted by Gasteiger charge is 2.18. The van der Waals surface area contributed by atoms with Crippen LogP contribution in [0.15, 0.2) is 6.33 Å². The molecule has 1 atom stereocenters. The first kappa shape index (κ1) is 12.0. The third-order valence-electron chi connectivity index (χ3n) is 2.29. The summed E-state index contributed by atoms with van der Waals surface area (Å²) >= 11 is 4.24. The quantitative estimate of drug-likeness (QED) is 0.471. The second-order valence-electron chi connectivity index (χ2n) is 3.71. The minimum absolute atomic E-state index is 0.342. The van der Waals surface area contributed by atoms with Crippen molar-refractivity contribution in [1.29, 1.82) is 0 Å². The molecule has 15 heavy (non-hydrogen) atoms. The van der Waals surface area contributed by atoms with E-state index in [1.54, 1.807) is 0 Å². The fourth-order valence-electron chi connectivity index (χ4n) is 1.18. The normalized spacial score (nSPS) is 13.1. The van der Waals surface area contributed by atoms with E-state index >= 15 is 0 Å². The smallest absolute Gasteiger partial charge is 0.390 e. The summed E-state index contributed by atoms with van der Waals surface area (Å²) in [6, 6.07) is 0. The predicted molar refractivity (Wildman–Crippen MR) is 58.9 cm³/mol. The van der Waals surface area contributed by atoms with Gasteiger partial charge in [0.05, 0.1) is 6.54 Å². The zero-order chi connectivity index (χ0) is 11.4. The van der Waals surface area contributed by atoms with E-state index in [4.69, 9.17) is 0 Å². The molecule has 0 bridgehead atoms. The average Bonchev–Trinajstić information content (AvgIpc) is 2.61. The van der Waals surface area contributed by atoms with E-state index in [-0.39, 0.29) is 5.95 Å². The van der Waals surface area contributed by atoms with Gasteiger partial charge in [0.2, 0.25) is 6.33 Å². The van der Waals surface area contributed by atoms with Crippen LogP contribution in [0, 0.1) is 22.0 Å². The second kappa shape index (κ2) is 5.11. The molecule has 1 heterocycles. The van der Waals surface area contributed by atoms with Gasteiger partial charge in [0, 0.05) is 5.10 Å². The van der Waals surface area contributed by atoms with Crippen molar-refractivity contribution in [1.82, 2.24) is 14.8 Å². The Morgan fingerprint density at radius 3 is 2.73 bits per heavy atom. The highest BCUT2D eigenvalue weighted by molar-refractivity contribution is 7.80. The molecule has 84 valence electrons. The molecule has 1 aromatic heterocycles. The number of thiol groups is 1. The van der Waals surface area contributed by atoms with Crippen molar-refractivity contribution in [3.8, 4) is 0 Å². The van der Waals surface area contributed by atoms with Crippen molar-refractivity contribution < 1.29 is 4.92 Å². The minimum Gasteiger partial charge on any atom is -0.390 e. The Hall–Kier alpha value is -1.11. The van der Waals surface area contributed by atoms with Crippen LogP contribution >= 0.6 is 12.6 Å². The molecule has 0 saturated carbocycles. The van der Waals surface area contributed by atoms with Crippen molar-refractivity contribution in [3.63, 3.8) is 0 Å². The van der Waals surface area contributed by atoms with Crippen LogP contribution < -0.4 is 0 Å². The lowest BCUT2D eigenvalue weighted by molar-refractivity contribution is -0.394. The van der Waals surface area contributed by atoms with Gasteiger partial charge in [-0.25, -0.2) is 0 Å². The molecule has 0 N–H and O–H groups in total. The number of hydrogen-bond acceptors (Lipinski definition) is 5. The fraction of sp³-hybridized carbons (Fsp3) is 0.750. The summed E-state index contributed by atoms with van der Waals surface area (Å²) in [5.74, 6) is 1.18. The predicted octanol–water partition coefficient (Wildman–Crippen LogP) is 1.39. The van der Waals surface area contributed by atoms with Gasteiger partial charge in [0.15, 0.2) is 0 Å². The summed E-state index contributed by atoms with van der Waals surface area (Å²) in [4.78, 5) is 13.4. The molecule has 0 aliphatic rings. The molecule has 1 unspecified atom stereocenters. The molecule has 0 fully saturated rings. The maximum Gasteiger partial charge on any atom is 0.490 e. The lowest BCUT2D eigenvalue weighted by atomic mass is 9.98. The molecule has 1 aromatic rings. The van der Waals surface area contributed by atoms with Crippen molar-refractivity contribution in [2.45, 2.75) is 20.4 Å². The van der Waals surface area contributed by atoms with Crippen LogP contribution in [0.25, 0.3) is 0 Å². The number of aromatic nitrogens is 3. The van der Waals surface area contributed by atoms with E-state index < -0.39 is 4.92 Å². The summed E-state index contributed by atoms with van der Waals surface area (Å²) < 4.78 is 1.50. The second-order valence-corrected chi connectivity index (χ2v) is 4.08. The van der Waals surface area contributed by atoms with Gasteiger partial charge in [-0.2, -0.15) is 17.3 Å². The third-order valence-corrected chi connectivity index (χ3v) is 2.76. The highest BCUT2D eigenvalue weighted by atomic mass is 32.1. The van der Waals surface area contributed by atoms with Crippen LogP contribution in [0.1, 0.15) is 13.8 Å². The first-order chi connectivity index (χ1) is 7.04. The van der Waals surface area contributed by atoms with Crippen LogP contribution in [-0.2, 0) is 6.54 Å². The molecule has 7 heteroatoms. The fourth-order valence-corrected chi connectivity index (χ4v) is 1.71. The first-order valence-corrected chi connectivity index (χ1v) is 5.32. The Morgan fingerprint density at radius 1 is 1.67 bits per heavy atom. The van der Waals surface area contributed by atoms with Crippen molar-refractivity contribution in [3.05, 3.63) is 16.4 Å². The number of hydrogen-bond donors (Lipinski definition) is 1. The molecule has 0 amide bonds. The van der Waals surface area contributed by atoms with Gasteiger partial charge in [-0.05, 0) is 22.5 Å². The van der Waals surface area contributed by atoms with Crippen LogP contribution in [0.2, 0.25) is 0 Å². The van der Waals surface area contributed by atoms with Crippen LogP contribution in [-0.4, -0.2) is 25.4 Å². The zero-order valence-electron chi connectivity index (χ0n) is 8.70. The summed E-state index contributed by atoms with van der Waals surface area (Å²) in [6.45, 7) is 4.79. The van der Waals surface area contributed by atoms with Crippen LogP contribution in [0.5, 0.6) is 0 Å². The molecule has 1 rings (SSSR count). The molecular formula is C8H14N4O2S. The summed E-state index contributed by atoms with van der Waals surface area (Å²) in [7, 11) is 0. The molecule has 0 radical (unpaired) electrons. The lowest BCUT2D eigenvalue weighted by Gasteiger charge is -2.16. The highest BCUT2D eigenvalue weighted by Crippen LogP contribution is 2.15. The molecule has 0 aromatic carbocycles. The average molecular weight is 230 g/mol. The SMILES string of the molecule is CC(C)C(CS)Cn1cnc([N+](=O)[O-])n1. The summed E-state index contributed by atoms with van der Waals surface area (Å²) in [5, 5.41) is 14.1. The van der Waals surface area contributed by atoms with Gasteiger partial charge in [-0.3, -0.25) is 0 Å². The maximum absolute atomic E-state index is 10.4. The third kappa shape index (κ3) is 3.19. The summed E-state index contributed by atoms with van der Waals surface area (Å²) in [6.07, 6.45) is 1.39. The van der Waals surface area contributed by atoms with E-state index in [1.165, 1.54) is 11.0 Å². The first-order valence-electron chi connectivity index (χ1n) is 4.69. The topological polar surface area (TPSA) is 73.8 Å². The van der Waals surface area contributed by atoms with Crippen molar-refractivity contribution in [2.24, 2.45) is 11.8 Å². The monoisotopic (exact) mass is 230 g/mol. The number of nitro groups is 1. The molecular weight excluding hydrogens is 216 g/mol. The van der Waals surface area contributed by atoms with Crippen LogP contribution in [0.4, 0.5) is 5.95 Å². The standard InChI is InChI=1S/C8H14N4O2S/c1-6(2)7(4-15)3-11-5-9-8(10-11)12(13)14/h5-7,15H,3-4H2,1-2H3. The van der Waals surface area contributed by atoms with Gasteiger partial charge in [0.25, 0.3) is 0 Å².